The number of aliphatic hydroxyl groups is 1. The van der Waals surface area contributed by atoms with Crippen LogP contribution in [-0.2, 0) is 9.59 Å². The summed E-state index contributed by atoms with van der Waals surface area (Å²) in [5.74, 6) is -0.908. The molecule has 34 heavy (non-hydrogen) atoms. The minimum atomic E-state index is -0.842. The number of hydrogen-bond donors (Lipinski definition) is 1. The molecule has 3 aromatic rings. The van der Waals surface area contributed by atoms with Gasteiger partial charge in [-0.15, -0.1) is 0 Å². The maximum absolute atomic E-state index is 13.3. The molecule has 0 saturated carbocycles. The van der Waals surface area contributed by atoms with Crippen LogP contribution >= 0.6 is 11.6 Å². The highest BCUT2D eigenvalue weighted by atomic mass is 35.5. The average molecular weight is 477 g/mol. The Morgan fingerprint density at radius 2 is 1.82 bits per heavy atom. The fourth-order valence-corrected chi connectivity index (χ4v) is 4.50. The number of anilines is 1. The van der Waals surface area contributed by atoms with Crippen molar-refractivity contribution in [3.8, 4) is 5.75 Å². The third-order valence-electron chi connectivity index (χ3n) is 6.01. The van der Waals surface area contributed by atoms with Gasteiger partial charge in [-0.05, 0) is 72.0 Å². The standard InChI is InChI=1S/C27H25ClN2O4/c1-15(2)20-14-21(16(3)12-22(20)34-4)25(31)23-24(17-8-10-29-11-9-17)30(27(33)26(23)32)19-7-5-6-18(28)13-19/h5-15,24,31H,1-4H3/b25-23+. The number of rotatable bonds is 5. The number of carbonyl (C=O) groups excluding carboxylic acids is 2. The van der Waals surface area contributed by atoms with Crippen molar-refractivity contribution in [2.24, 2.45) is 0 Å². The Labute approximate surface area is 203 Å². The van der Waals surface area contributed by atoms with Gasteiger partial charge in [-0.2, -0.15) is 0 Å². The van der Waals surface area contributed by atoms with Crippen molar-refractivity contribution in [1.29, 1.82) is 0 Å². The van der Waals surface area contributed by atoms with Crippen LogP contribution in [-0.4, -0.2) is 28.9 Å². The van der Waals surface area contributed by atoms with Crippen LogP contribution in [0, 0.1) is 6.92 Å². The number of pyridine rings is 1. The second-order valence-corrected chi connectivity index (χ2v) is 8.93. The molecule has 6 nitrogen and oxygen atoms in total. The summed E-state index contributed by atoms with van der Waals surface area (Å²) in [6.45, 7) is 5.87. The first kappa shape index (κ1) is 23.5. The number of aliphatic hydroxyl groups excluding tert-OH is 1. The zero-order valence-corrected chi connectivity index (χ0v) is 20.1. The maximum atomic E-state index is 13.3. The predicted molar refractivity (Wildman–Crippen MR) is 132 cm³/mol. The molecule has 1 amide bonds. The van der Waals surface area contributed by atoms with Crippen molar-refractivity contribution in [1.82, 2.24) is 4.98 Å². The molecule has 1 atom stereocenters. The molecule has 1 aliphatic heterocycles. The lowest BCUT2D eigenvalue weighted by Gasteiger charge is -2.25. The molecule has 4 rings (SSSR count). The topological polar surface area (TPSA) is 79.7 Å². The van der Waals surface area contributed by atoms with E-state index in [9.17, 15) is 14.7 Å². The summed E-state index contributed by atoms with van der Waals surface area (Å²) in [6, 6.07) is 13.0. The quantitative estimate of drug-likeness (QED) is 0.286. The van der Waals surface area contributed by atoms with Crippen molar-refractivity contribution in [3.63, 3.8) is 0 Å². The van der Waals surface area contributed by atoms with Crippen molar-refractivity contribution < 1.29 is 19.4 Å². The van der Waals surface area contributed by atoms with Crippen LogP contribution in [0.15, 0.2) is 66.5 Å². The summed E-state index contributed by atoms with van der Waals surface area (Å²) in [5.41, 5.74) is 3.21. The number of Topliss-reactive ketones (excluding diaryl/α,β-unsaturated/α-hetero) is 1. The van der Waals surface area contributed by atoms with E-state index in [0.29, 0.717) is 27.6 Å². The maximum Gasteiger partial charge on any atom is 0.300 e. The highest BCUT2D eigenvalue weighted by Gasteiger charge is 2.47. The van der Waals surface area contributed by atoms with E-state index in [1.165, 1.54) is 4.90 Å². The molecule has 1 unspecified atom stereocenters. The van der Waals surface area contributed by atoms with Gasteiger partial charge in [0.1, 0.15) is 11.5 Å². The van der Waals surface area contributed by atoms with Gasteiger partial charge in [0, 0.05) is 28.7 Å². The van der Waals surface area contributed by atoms with Gasteiger partial charge in [0.2, 0.25) is 0 Å². The Morgan fingerprint density at radius 1 is 1.12 bits per heavy atom. The second-order valence-electron chi connectivity index (χ2n) is 8.49. The molecule has 1 fully saturated rings. The van der Waals surface area contributed by atoms with Crippen LogP contribution in [0.25, 0.3) is 5.76 Å². The molecule has 2 heterocycles. The van der Waals surface area contributed by atoms with Crippen LogP contribution in [0.4, 0.5) is 5.69 Å². The van der Waals surface area contributed by atoms with Gasteiger partial charge in [-0.1, -0.05) is 31.5 Å². The summed E-state index contributed by atoms with van der Waals surface area (Å²) in [7, 11) is 1.60. The molecule has 1 N–H and O–H groups in total. The molecule has 1 saturated heterocycles. The first-order valence-corrected chi connectivity index (χ1v) is 11.3. The SMILES string of the molecule is COc1cc(C)c(/C(O)=C2\C(=O)C(=O)N(c3cccc(Cl)c3)C2c2ccncc2)cc1C(C)C. The van der Waals surface area contributed by atoms with E-state index >= 15 is 0 Å². The van der Waals surface area contributed by atoms with Gasteiger partial charge < -0.3 is 9.84 Å². The smallest absolute Gasteiger partial charge is 0.300 e. The third-order valence-corrected chi connectivity index (χ3v) is 6.24. The normalized spacial score (nSPS) is 17.5. The number of carbonyl (C=O) groups is 2. The molecule has 7 heteroatoms. The molecule has 1 aromatic heterocycles. The molecule has 1 aliphatic rings. The van der Waals surface area contributed by atoms with Crippen LogP contribution in [0.2, 0.25) is 5.02 Å². The Kier molecular flexibility index (Phi) is 6.44. The Hall–Kier alpha value is -3.64. The fraction of sp³-hybridized carbons (Fsp3) is 0.222. The summed E-state index contributed by atoms with van der Waals surface area (Å²) in [4.78, 5) is 32.0. The van der Waals surface area contributed by atoms with Crippen LogP contribution in [0.3, 0.4) is 0 Å². The van der Waals surface area contributed by atoms with E-state index in [1.54, 1.807) is 55.9 Å². The Morgan fingerprint density at radius 3 is 2.44 bits per heavy atom. The van der Waals surface area contributed by atoms with Gasteiger partial charge in [-0.25, -0.2) is 0 Å². The number of nitrogens with zero attached hydrogens (tertiary/aromatic N) is 2. The molecular weight excluding hydrogens is 452 g/mol. The number of ether oxygens (including phenoxy) is 1. The number of aryl methyl sites for hydroxylation is 1. The number of halogens is 1. The van der Waals surface area contributed by atoms with Crippen molar-refractivity contribution >= 4 is 34.7 Å². The van der Waals surface area contributed by atoms with Gasteiger partial charge in [-0.3, -0.25) is 19.5 Å². The molecule has 0 spiro atoms. The number of methoxy groups -OCH3 is 1. The number of aromatic nitrogens is 1. The average Bonchev–Trinajstić information content (AvgIpc) is 3.09. The Balaban J connectivity index is 1.98. The van der Waals surface area contributed by atoms with Gasteiger partial charge in [0.15, 0.2) is 0 Å². The lowest BCUT2D eigenvalue weighted by Crippen LogP contribution is -2.29. The van der Waals surface area contributed by atoms with E-state index < -0.39 is 17.7 Å². The van der Waals surface area contributed by atoms with Crippen molar-refractivity contribution in [3.05, 3.63) is 93.8 Å². The van der Waals surface area contributed by atoms with E-state index in [2.05, 4.69) is 4.98 Å². The summed E-state index contributed by atoms with van der Waals surface area (Å²) in [6.07, 6.45) is 3.17. The monoisotopic (exact) mass is 476 g/mol. The molecule has 2 aromatic carbocycles. The zero-order valence-electron chi connectivity index (χ0n) is 19.4. The summed E-state index contributed by atoms with van der Waals surface area (Å²) in [5, 5.41) is 11.9. The van der Waals surface area contributed by atoms with E-state index in [-0.39, 0.29) is 17.3 Å². The third kappa shape index (κ3) is 4.05. The van der Waals surface area contributed by atoms with Crippen molar-refractivity contribution in [2.45, 2.75) is 32.7 Å². The number of amides is 1. The lowest BCUT2D eigenvalue weighted by molar-refractivity contribution is -0.132. The largest absolute Gasteiger partial charge is 0.507 e. The minimum absolute atomic E-state index is 0.0131. The van der Waals surface area contributed by atoms with Gasteiger partial charge >= 0.3 is 0 Å². The number of ketones is 1. The molecular formula is C27H25ClN2O4. The predicted octanol–water partition coefficient (Wildman–Crippen LogP) is 5.80. The first-order chi connectivity index (χ1) is 16.2. The highest BCUT2D eigenvalue weighted by molar-refractivity contribution is 6.51. The molecule has 0 aliphatic carbocycles. The number of hydrogen-bond acceptors (Lipinski definition) is 5. The molecule has 174 valence electrons. The summed E-state index contributed by atoms with van der Waals surface area (Å²) < 4.78 is 5.52. The lowest BCUT2D eigenvalue weighted by atomic mass is 9.91. The summed E-state index contributed by atoms with van der Waals surface area (Å²) >= 11 is 6.19. The number of benzene rings is 2. The van der Waals surface area contributed by atoms with Crippen LogP contribution in [0.5, 0.6) is 5.75 Å². The minimum Gasteiger partial charge on any atom is -0.507 e. The van der Waals surface area contributed by atoms with Crippen LogP contribution < -0.4 is 9.64 Å². The van der Waals surface area contributed by atoms with Crippen molar-refractivity contribution in [2.75, 3.05) is 12.0 Å². The van der Waals surface area contributed by atoms with E-state index in [4.69, 9.17) is 16.3 Å². The first-order valence-electron chi connectivity index (χ1n) is 10.9. The zero-order chi connectivity index (χ0) is 24.6. The van der Waals surface area contributed by atoms with E-state index in [0.717, 1.165) is 11.1 Å². The molecule has 0 bridgehead atoms. The second kappa shape index (κ2) is 9.31. The highest BCUT2D eigenvalue weighted by Crippen LogP contribution is 2.43. The Bertz CT molecular complexity index is 1300. The molecule has 0 radical (unpaired) electrons. The van der Waals surface area contributed by atoms with Gasteiger partial charge in [0.05, 0.1) is 18.7 Å². The van der Waals surface area contributed by atoms with E-state index in [1.807, 2.05) is 32.9 Å². The van der Waals surface area contributed by atoms with Crippen LogP contribution in [0.1, 0.15) is 48.1 Å². The fourth-order valence-electron chi connectivity index (χ4n) is 4.31. The van der Waals surface area contributed by atoms with Gasteiger partial charge in [0.25, 0.3) is 11.7 Å².